The number of allylic oxidation sites excluding steroid dienone is 1. The quantitative estimate of drug-likeness (QED) is 0.419. The molecule has 0 bridgehead atoms. The van der Waals surface area contributed by atoms with Crippen LogP contribution in [0.1, 0.15) is 15.9 Å². The van der Waals surface area contributed by atoms with E-state index in [9.17, 15) is 14.7 Å². The molecule has 0 unspecified atom stereocenters. The number of rotatable bonds is 6. The molecular formula is C17H12IO4-. The van der Waals surface area contributed by atoms with Gasteiger partial charge in [-0.05, 0) is 58.5 Å². The number of aliphatic carboxylic acids is 1. The number of hydrogen-bond acceptors (Lipinski definition) is 4. The van der Waals surface area contributed by atoms with Crippen molar-refractivity contribution in [2.45, 2.75) is 0 Å². The summed E-state index contributed by atoms with van der Waals surface area (Å²) in [5, 5.41) is 10.3. The Bertz CT molecular complexity index is 688. The van der Waals surface area contributed by atoms with Crippen molar-refractivity contribution in [2.24, 2.45) is 0 Å². The molecule has 0 aliphatic carbocycles. The first-order valence-electron chi connectivity index (χ1n) is 6.45. The molecule has 2 aromatic carbocycles. The van der Waals surface area contributed by atoms with E-state index in [0.29, 0.717) is 11.3 Å². The second-order valence-corrected chi connectivity index (χ2v) is 5.68. The van der Waals surface area contributed by atoms with Gasteiger partial charge in [0, 0.05) is 9.13 Å². The van der Waals surface area contributed by atoms with Crippen LogP contribution in [0.25, 0.3) is 6.08 Å². The topological polar surface area (TPSA) is 66.4 Å². The molecule has 2 aromatic rings. The highest BCUT2D eigenvalue weighted by Crippen LogP contribution is 2.14. The van der Waals surface area contributed by atoms with Crippen molar-refractivity contribution in [1.29, 1.82) is 0 Å². The number of halogens is 1. The maximum atomic E-state index is 12.0. The van der Waals surface area contributed by atoms with Crippen LogP contribution in [0.2, 0.25) is 0 Å². The van der Waals surface area contributed by atoms with Crippen LogP contribution < -0.4 is 9.84 Å². The van der Waals surface area contributed by atoms with E-state index in [0.717, 1.165) is 9.13 Å². The average Bonchev–Trinajstić information content (AvgIpc) is 2.52. The average molecular weight is 407 g/mol. The number of carbonyl (C=O) groups is 2. The third-order valence-corrected chi connectivity index (χ3v) is 3.51. The zero-order valence-corrected chi connectivity index (χ0v) is 13.6. The maximum Gasteiger partial charge on any atom is 0.185 e. The molecule has 0 fully saturated rings. The molecular weight excluding hydrogens is 395 g/mol. The van der Waals surface area contributed by atoms with Gasteiger partial charge in [-0.15, -0.1) is 0 Å². The molecule has 5 heteroatoms. The van der Waals surface area contributed by atoms with Crippen LogP contribution in [-0.4, -0.2) is 18.4 Å². The number of benzene rings is 2. The number of ketones is 1. The molecule has 112 valence electrons. The lowest BCUT2D eigenvalue weighted by atomic mass is 10.1. The molecule has 22 heavy (non-hydrogen) atoms. The van der Waals surface area contributed by atoms with Crippen LogP contribution in [0.5, 0.6) is 5.75 Å². The fraction of sp³-hybridized carbons (Fsp3) is 0.0588. The Kier molecular flexibility index (Phi) is 5.71. The predicted molar refractivity (Wildman–Crippen MR) is 89.5 cm³/mol. The van der Waals surface area contributed by atoms with E-state index in [1.807, 2.05) is 12.1 Å². The third-order valence-electron chi connectivity index (χ3n) is 2.79. The fourth-order valence-corrected chi connectivity index (χ4v) is 2.06. The Hall–Kier alpha value is -2.15. The van der Waals surface area contributed by atoms with Crippen LogP contribution in [0.3, 0.4) is 0 Å². The van der Waals surface area contributed by atoms with E-state index in [-0.39, 0.29) is 5.78 Å². The number of carboxylic acid groups (broad SMARTS) is 1. The standard InChI is InChI=1S/C17H13IO4/c18-14-6-4-13(5-7-14)16(19)10-3-12-1-8-15(9-2-12)22-11-17(20)21/h1-10H,11H2,(H,20,21)/p-1/b10-3+. The van der Waals surface area contributed by atoms with E-state index in [4.69, 9.17) is 4.74 Å². The summed E-state index contributed by atoms with van der Waals surface area (Å²) in [6, 6.07) is 14.1. The van der Waals surface area contributed by atoms with Gasteiger partial charge in [-0.1, -0.05) is 30.3 Å². The number of hydrogen-bond donors (Lipinski definition) is 0. The smallest absolute Gasteiger partial charge is 0.185 e. The highest BCUT2D eigenvalue weighted by atomic mass is 127. The molecule has 2 rings (SSSR count). The van der Waals surface area contributed by atoms with Gasteiger partial charge in [-0.3, -0.25) is 4.79 Å². The van der Waals surface area contributed by atoms with Crippen molar-refractivity contribution < 1.29 is 19.4 Å². The van der Waals surface area contributed by atoms with E-state index in [2.05, 4.69) is 22.6 Å². The lowest BCUT2D eigenvalue weighted by molar-refractivity contribution is -0.307. The van der Waals surface area contributed by atoms with Gasteiger partial charge in [-0.2, -0.15) is 0 Å². The Balaban J connectivity index is 1.99. The van der Waals surface area contributed by atoms with Gasteiger partial charge in [0.25, 0.3) is 0 Å². The van der Waals surface area contributed by atoms with Crippen LogP contribution in [0.4, 0.5) is 0 Å². The summed E-state index contributed by atoms with van der Waals surface area (Å²) in [6.07, 6.45) is 3.20. The summed E-state index contributed by atoms with van der Waals surface area (Å²) in [5.74, 6) is -0.911. The minimum atomic E-state index is -1.27. The minimum Gasteiger partial charge on any atom is -0.546 e. The van der Waals surface area contributed by atoms with Crippen molar-refractivity contribution in [3.05, 3.63) is 69.3 Å². The van der Waals surface area contributed by atoms with E-state index < -0.39 is 12.6 Å². The molecule has 4 nitrogen and oxygen atoms in total. The Morgan fingerprint density at radius 3 is 2.27 bits per heavy atom. The second-order valence-electron chi connectivity index (χ2n) is 4.43. The highest BCUT2D eigenvalue weighted by Gasteiger charge is 2.01. The monoisotopic (exact) mass is 407 g/mol. The first kappa shape index (κ1) is 16.2. The van der Waals surface area contributed by atoms with Crippen LogP contribution in [-0.2, 0) is 4.79 Å². The van der Waals surface area contributed by atoms with Gasteiger partial charge in [0.05, 0.1) is 5.97 Å². The van der Waals surface area contributed by atoms with Crippen LogP contribution in [0, 0.1) is 3.57 Å². The summed E-state index contributed by atoms with van der Waals surface area (Å²) in [7, 11) is 0. The molecule has 0 aliphatic rings. The summed E-state index contributed by atoms with van der Waals surface area (Å²) in [6.45, 7) is -0.486. The molecule has 0 N–H and O–H groups in total. The molecule has 0 radical (unpaired) electrons. The lowest BCUT2D eigenvalue weighted by Gasteiger charge is -2.06. The number of carbonyl (C=O) groups excluding carboxylic acids is 2. The van der Waals surface area contributed by atoms with Gasteiger partial charge >= 0.3 is 0 Å². The molecule has 0 spiro atoms. The molecule has 0 aromatic heterocycles. The van der Waals surface area contributed by atoms with Crippen molar-refractivity contribution in [3.63, 3.8) is 0 Å². The van der Waals surface area contributed by atoms with Crippen molar-refractivity contribution in [2.75, 3.05) is 6.61 Å². The summed E-state index contributed by atoms with van der Waals surface area (Å²) in [5.41, 5.74) is 1.45. The van der Waals surface area contributed by atoms with Gasteiger partial charge in [0.15, 0.2) is 5.78 Å². The Morgan fingerprint density at radius 2 is 1.68 bits per heavy atom. The zero-order valence-electron chi connectivity index (χ0n) is 11.5. The normalized spacial score (nSPS) is 10.6. The third kappa shape index (κ3) is 5.00. The van der Waals surface area contributed by atoms with Crippen molar-refractivity contribution >= 4 is 40.4 Å². The zero-order chi connectivity index (χ0) is 15.9. The molecule has 0 amide bonds. The van der Waals surface area contributed by atoms with Gasteiger partial charge in [-0.25, -0.2) is 0 Å². The van der Waals surface area contributed by atoms with Crippen molar-refractivity contribution in [1.82, 2.24) is 0 Å². The largest absolute Gasteiger partial charge is 0.546 e. The lowest BCUT2D eigenvalue weighted by Crippen LogP contribution is -2.28. The van der Waals surface area contributed by atoms with Gasteiger partial charge < -0.3 is 14.6 Å². The van der Waals surface area contributed by atoms with E-state index in [1.165, 1.54) is 6.08 Å². The van der Waals surface area contributed by atoms with Crippen LogP contribution >= 0.6 is 22.6 Å². The molecule has 0 saturated carbocycles. The fourth-order valence-electron chi connectivity index (χ4n) is 1.70. The first-order valence-corrected chi connectivity index (χ1v) is 7.53. The molecule has 0 atom stereocenters. The molecule has 0 aliphatic heterocycles. The van der Waals surface area contributed by atoms with E-state index in [1.54, 1.807) is 42.5 Å². The van der Waals surface area contributed by atoms with Gasteiger partial charge in [0.1, 0.15) is 12.4 Å². The van der Waals surface area contributed by atoms with Gasteiger partial charge in [0.2, 0.25) is 0 Å². The number of ether oxygens (including phenoxy) is 1. The minimum absolute atomic E-state index is 0.0753. The Morgan fingerprint density at radius 1 is 1.05 bits per heavy atom. The first-order chi connectivity index (χ1) is 10.5. The Labute approximate surface area is 141 Å². The maximum absolute atomic E-state index is 12.0. The van der Waals surface area contributed by atoms with Crippen molar-refractivity contribution in [3.8, 4) is 5.75 Å². The summed E-state index contributed by atoms with van der Waals surface area (Å²) in [4.78, 5) is 22.3. The van der Waals surface area contributed by atoms with E-state index >= 15 is 0 Å². The SMILES string of the molecule is O=C([O-])COc1ccc(/C=C/C(=O)c2ccc(I)cc2)cc1. The summed E-state index contributed by atoms with van der Waals surface area (Å²) < 4.78 is 6.05. The molecule has 0 heterocycles. The van der Waals surface area contributed by atoms with Crippen LogP contribution in [0.15, 0.2) is 54.6 Å². The number of carboxylic acids is 1. The predicted octanol–water partition coefficient (Wildman–Crippen LogP) is 2.32. The second kappa shape index (κ2) is 7.74. The molecule has 0 saturated heterocycles. The highest BCUT2D eigenvalue weighted by molar-refractivity contribution is 14.1. The summed E-state index contributed by atoms with van der Waals surface area (Å²) >= 11 is 2.18.